The smallest absolute Gasteiger partial charge is 0.292 e. The Morgan fingerprint density at radius 1 is 1.05 bits per heavy atom. The number of nitro benzene ring substituents is 1. The van der Waals surface area contributed by atoms with E-state index >= 15 is 0 Å². The van der Waals surface area contributed by atoms with Gasteiger partial charge in [-0.3, -0.25) is 10.1 Å². The van der Waals surface area contributed by atoms with Gasteiger partial charge in [-0.15, -0.1) is 0 Å². The maximum absolute atomic E-state index is 10.9. The topological polar surface area (TPSA) is 55.2 Å². The fourth-order valence-corrected chi connectivity index (χ4v) is 2.38. The van der Waals surface area contributed by atoms with Gasteiger partial charge in [0.1, 0.15) is 5.69 Å². The Labute approximate surface area is 111 Å². The fourth-order valence-electron chi connectivity index (χ4n) is 2.38. The third kappa shape index (κ3) is 2.42. The number of nitrogens with zero attached hydrogens (tertiary/aromatic N) is 1. The first-order valence-electron chi connectivity index (χ1n) is 6.30. The van der Waals surface area contributed by atoms with Crippen molar-refractivity contribution in [1.82, 2.24) is 0 Å². The standard InChI is InChI=1S/C15H14N2O2/c18-17(19)15-9-5-4-8-13(15)16-14-10-12(14)11-6-2-1-3-7-11/h1-9,12,14,16H,10H2/t12-,14+/m1/s1. The van der Waals surface area contributed by atoms with Gasteiger partial charge in [0.05, 0.1) is 4.92 Å². The number of rotatable bonds is 4. The molecule has 3 rings (SSSR count). The van der Waals surface area contributed by atoms with E-state index in [2.05, 4.69) is 17.4 Å². The normalized spacial score (nSPS) is 20.8. The molecule has 4 heteroatoms. The van der Waals surface area contributed by atoms with Crippen LogP contribution in [0.15, 0.2) is 54.6 Å². The van der Waals surface area contributed by atoms with Gasteiger partial charge < -0.3 is 5.32 Å². The van der Waals surface area contributed by atoms with Crippen molar-refractivity contribution in [2.24, 2.45) is 0 Å². The lowest BCUT2D eigenvalue weighted by molar-refractivity contribution is -0.384. The van der Waals surface area contributed by atoms with E-state index in [-0.39, 0.29) is 10.6 Å². The molecule has 0 unspecified atom stereocenters. The van der Waals surface area contributed by atoms with Gasteiger partial charge in [-0.1, -0.05) is 42.5 Å². The van der Waals surface area contributed by atoms with E-state index in [0.717, 1.165) is 6.42 Å². The molecule has 0 amide bonds. The van der Waals surface area contributed by atoms with Crippen LogP contribution >= 0.6 is 0 Å². The maximum Gasteiger partial charge on any atom is 0.292 e. The molecule has 0 bridgehead atoms. The molecule has 2 aromatic carbocycles. The van der Waals surface area contributed by atoms with Gasteiger partial charge in [-0.25, -0.2) is 0 Å². The molecule has 4 nitrogen and oxygen atoms in total. The number of benzene rings is 2. The minimum Gasteiger partial charge on any atom is -0.376 e. The number of hydrogen-bond donors (Lipinski definition) is 1. The van der Waals surface area contributed by atoms with E-state index in [4.69, 9.17) is 0 Å². The molecule has 2 atom stereocenters. The predicted octanol–water partition coefficient (Wildman–Crippen LogP) is 3.56. The van der Waals surface area contributed by atoms with Gasteiger partial charge in [-0.05, 0) is 18.1 Å². The minimum absolute atomic E-state index is 0.140. The van der Waals surface area contributed by atoms with Crippen LogP contribution in [0.2, 0.25) is 0 Å². The lowest BCUT2D eigenvalue weighted by Crippen LogP contribution is -2.06. The second-order valence-electron chi connectivity index (χ2n) is 4.78. The van der Waals surface area contributed by atoms with Crippen LogP contribution in [0.25, 0.3) is 0 Å². The summed E-state index contributed by atoms with van der Waals surface area (Å²) in [7, 11) is 0. The maximum atomic E-state index is 10.9. The average molecular weight is 254 g/mol. The van der Waals surface area contributed by atoms with Gasteiger partial charge in [0.15, 0.2) is 0 Å². The Balaban J connectivity index is 1.73. The molecular formula is C15H14N2O2. The molecule has 2 aromatic rings. The first-order chi connectivity index (χ1) is 9.25. The van der Waals surface area contributed by atoms with Crippen molar-refractivity contribution in [2.75, 3.05) is 5.32 Å². The summed E-state index contributed by atoms with van der Waals surface area (Å²) in [5, 5.41) is 14.2. The molecule has 0 heterocycles. The van der Waals surface area contributed by atoms with Gasteiger partial charge in [0.25, 0.3) is 5.69 Å². The minimum atomic E-state index is -0.345. The Morgan fingerprint density at radius 3 is 2.47 bits per heavy atom. The Hall–Kier alpha value is -2.36. The monoisotopic (exact) mass is 254 g/mol. The lowest BCUT2D eigenvalue weighted by Gasteiger charge is -2.06. The summed E-state index contributed by atoms with van der Waals surface area (Å²) in [5.41, 5.74) is 2.04. The van der Waals surface area contributed by atoms with E-state index in [1.807, 2.05) is 24.3 Å². The zero-order valence-corrected chi connectivity index (χ0v) is 10.3. The average Bonchev–Trinajstić information content (AvgIpc) is 3.19. The molecule has 0 aliphatic heterocycles. The summed E-state index contributed by atoms with van der Waals surface area (Å²) in [5.74, 6) is 0.459. The fraction of sp³-hybridized carbons (Fsp3) is 0.200. The van der Waals surface area contributed by atoms with Crippen LogP contribution in [0.5, 0.6) is 0 Å². The van der Waals surface area contributed by atoms with E-state index < -0.39 is 0 Å². The van der Waals surface area contributed by atoms with Crippen molar-refractivity contribution in [2.45, 2.75) is 18.4 Å². The number of hydrogen-bond acceptors (Lipinski definition) is 3. The summed E-state index contributed by atoms with van der Waals surface area (Å²) >= 11 is 0. The second-order valence-corrected chi connectivity index (χ2v) is 4.78. The molecular weight excluding hydrogens is 240 g/mol. The molecule has 1 aliphatic rings. The van der Waals surface area contributed by atoms with Gasteiger partial charge >= 0.3 is 0 Å². The van der Waals surface area contributed by atoms with Crippen LogP contribution in [0.3, 0.4) is 0 Å². The molecule has 1 N–H and O–H groups in total. The zero-order valence-electron chi connectivity index (χ0n) is 10.3. The molecule has 1 aliphatic carbocycles. The third-order valence-electron chi connectivity index (χ3n) is 3.46. The Morgan fingerprint density at radius 2 is 1.74 bits per heavy atom. The highest BCUT2D eigenvalue weighted by atomic mass is 16.6. The van der Waals surface area contributed by atoms with Crippen LogP contribution in [-0.4, -0.2) is 11.0 Å². The van der Waals surface area contributed by atoms with Crippen LogP contribution in [0, 0.1) is 10.1 Å². The summed E-state index contributed by atoms with van der Waals surface area (Å²) in [6, 6.07) is 17.3. The molecule has 0 spiro atoms. The summed E-state index contributed by atoms with van der Waals surface area (Å²) in [6.45, 7) is 0. The number of nitro groups is 1. The number of nitrogens with one attached hydrogen (secondary N) is 1. The molecule has 0 radical (unpaired) electrons. The van der Waals surface area contributed by atoms with Crippen LogP contribution in [0.4, 0.5) is 11.4 Å². The predicted molar refractivity (Wildman–Crippen MR) is 74.3 cm³/mol. The van der Waals surface area contributed by atoms with E-state index in [1.54, 1.807) is 12.1 Å². The molecule has 19 heavy (non-hydrogen) atoms. The van der Waals surface area contributed by atoms with E-state index in [1.165, 1.54) is 11.6 Å². The highest BCUT2D eigenvalue weighted by Gasteiger charge is 2.39. The Kier molecular flexibility index (Phi) is 2.91. The van der Waals surface area contributed by atoms with Crippen molar-refractivity contribution >= 4 is 11.4 Å². The molecule has 1 saturated carbocycles. The van der Waals surface area contributed by atoms with Gasteiger partial charge in [0.2, 0.25) is 0 Å². The van der Waals surface area contributed by atoms with Crippen molar-refractivity contribution in [3.63, 3.8) is 0 Å². The summed E-state index contributed by atoms with van der Waals surface area (Å²) in [6.07, 6.45) is 1.02. The first-order valence-corrected chi connectivity index (χ1v) is 6.30. The van der Waals surface area contributed by atoms with Gasteiger partial charge in [0, 0.05) is 18.0 Å². The second kappa shape index (κ2) is 4.72. The van der Waals surface area contributed by atoms with Crippen molar-refractivity contribution in [3.05, 3.63) is 70.3 Å². The van der Waals surface area contributed by atoms with E-state index in [9.17, 15) is 10.1 Å². The van der Waals surface area contributed by atoms with Crippen molar-refractivity contribution in [3.8, 4) is 0 Å². The Bertz CT molecular complexity index is 598. The lowest BCUT2D eigenvalue weighted by atomic mass is 10.1. The first kappa shape index (κ1) is 11.7. The third-order valence-corrected chi connectivity index (χ3v) is 3.46. The molecule has 0 saturated heterocycles. The zero-order chi connectivity index (χ0) is 13.2. The highest BCUT2D eigenvalue weighted by molar-refractivity contribution is 5.62. The molecule has 0 aromatic heterocycles. The SMILES string of the molecule is O=[N+]([O-])c1ccccc1N[C@H]1C[C@@H]1c1ccccc1. The summed E-state index contributed by atoms with van der Waals surface area (Å²) < 4.78 is 0. The summed E-state index contributed by atoms with van der Waals surface area (Å²) in [4.78, 5) is 10.6. The quantitative estimate of drug-likeness (QED) is 0.670. The van der Waals surface area contributed by atoms with Crippen LogP contribution in [-0.2, 0) is 0 Å². The largest absolute Gasteiger partial charge is 0.376 e. The van der Waals surface area contributed by atoms with Crippen LogP contribution in [0.1, 0.15) is 17.9 Å². The van der Waals surface area contributed by atoms with E-state index in [0.29, 0.717) is 17.6 Å². The molecule has 96 valence electrons. The number of anilines is 1. The van der Waals surface area contributed by atoms with Crippen molar-refractivity contribution < 1.29 is 4.92 Å². The highest BCUT2D eigenvalue weighted by Crippen LogP contribution is 2.43. The number of para-hydroxylation sites is 2. The van der Waals surface area contributed by atoms with Crippen LogP contribution < -0.4 is 5.32 Å². The van der Waals surface area contributed by atoms with Crippen molar-refractivity contribution in [1.29, 1.82) is 0 Å². The van der Waals surface area contributed by atoms with Gasteiger partial charge in [-0.2, -0.15) is 0 Å². The molecule has 1 fully saturated rings.